The molecule has 116 valence electrons. The first-order valence-electron chi connectivity index (χ1n) is 6.59. The smallest absolute Gasteiger partial charge is 0.341 e. The Bertz CT molecular complexity index is 932. The molecule has 8 heteroatoms. The van der Waals surface area contributed by atoms with Crippen molar-refractivity contribution >= 4 is 20.7 Å². The number of benzene rings is 1. The van der Waals surface area contributed by atoms with E-state index in [1.54, 1.807) is 30.3 Å². The van der Waals surface area contributed by atoms with Gasteiger partial charge in [0.25, 0.3) is 0 Å². The minimum atomic E-state index is -4.22. The summed E-state index contributed by atoms with van der Waals surface area (Å²) >= 11 is 0. The summed E-state index contributed by atoms with van der Waals surface area (Å²) in [5.41, 5.74) is 9.40. The normalized spacial score (nSPS) is 17.0. The molecule has 1 aliphatic rings. The molecule has 3 rings (SSSR count). The first-order valence-corrected chi connectivity index (χ1v) is 8.00. The number of pyridine rings is 1. The molecule has 1 N–H and O–H groups in total. The Hall–Kier alpha value is -2.80. The predicted molar refractivity (Wildman–Crippen MR) is 81.8 cm³/mol. The molecule has 1 heterocycles. The SMILES string of the molecule is [N-]=[N+]=C1C=C(S(=O)(=O)Oc2ccccn2)c2ccccc2C1O. The van der Waals surface area contributed by atoms with Crippen LogP contribution < -0.4 is 4.18 Å². The minimum absolute atomic E-state index is 0.0838. The van der Waals surface area contributed by atoms with Crippen LogP contribution in [0.25, 0.3) is 10.4 Å². The van der Waals surface area contributed by atoms with Crippen molar-refractivity contribution < 1.29 is 22.5 Å². The van der Waals surface area contributed by atoms with Crippen LogP contribution in [0.4, 0.5) is 0 Å². The van der Waals surface area contributed by atoms with E-state index in [1.807, 2.05) is 0 Å². The van der Waals surface area contributed by atoms with Crippen LogP contribution in [0.2, 0.25) is 0 Å². The van der Waals surface area contributed by atoms with Gasteiger partial charge >= 0.3 is 15.8 Å². The Morgan fingerprint density at radius 1 is 1.17 bits per heavy atom. The third kappa shape index (κ3) is 2.78. The molecule has 0 amide bonds. The fourth-order valence-corrected chi connectivity index (χ4v) is 3.39. The van der Waals surface area contributed by atoms with Crippen molar-refractivity contribution in [2.45, 2.75) is 6.10 Å². The van der Waals surface area contributed by atoms with Crippen LogP contribution in [0.3, 0.4) is 0 Å². The second-order valence-electron chi connectivity index (χ2n) is 4.73. The van der Waals surface area contributed by atoms with Crippen molar-refractivity contribution in [3.05, 3.63) is 71.4 Å². The summed E-state index contributed by atoms with van der Waals surface area (Å²) in [4.78, 5) is 6.55. The fraction of sp³-hybridized carbons (Fsp3) is 0.0667. The predicted octanol–water partition coefficient (Wildman–Crippen LogP) is 1.55. The van der Waals surface area contributed by atoms with Gasteiger partial charge in [-0.1, -0.05) is 30.3 Å². The molecule has 0 radical (unpaired) electrons. The van der Waals surface area contributed by atoms with Crippen LogP contribution in [0.5, 0.6) is 5.88 Å². The average molecular weight is 329 g/mol. The lowest BCUT2D eigenvalue weighted by atomic mass is 9.93. The molecular weight excluding hydrogens is 318 g/mol. The summed E-state index contributed by atoms with van der Waals surface area (Å²) in [5, 5.41) is 10.1. The maximum atomic E-state index is 12.5. The van der Waals surface area contributed by atoms with Gasteiger partial charge in [-0.2, -0.15) is 13.2 Å². The van der Waals surface area contributed by atoms with E-state index in [-0.39, 0.29) is 22.1 Å². The van der Waals surface area contributed by atoms with E-state index in [2.05, 4.69) is 9.77 Å². The number of aromatic nitrogens is 1. The van der Waals surface area contributed by atoms with Crippen molar-refractivity contribution in [2.24, 2.45) is 0 Å². The van der Waals surface area contributed by atoms with Crippen molar-refractivity contribution in [3.8, 4) is 5.88 Å². The highest BCUT2D eigenvalue weighted by Crippen LogP contribution is 2.34. The number of hydrogen-bond acceptors (Lipinski definition) is 5. The van der Waals surface area contributed by atoms with E-state index >= 15 is 0 Å². The van der Waals surface area contributed by atoms with Gasteiger partial charge in [-0.25, -0.2) is 4.98 Å². The summed E-state index contributed by atoms with van der Waals surface area (Å²) in [6.45, 7) is 0. The van der Waals surface area contributed by atoms with Crippen LogP contribution in [0, 0.1) is 0 Å². The Kier molecular flexibility index (Phi) is 3.79. The van der Waals surface area contributed by atoms with Crippen LogP contribution in [-0.4, -0.2) is 29.0 Å². The fourth-order valence-electron chi connectivity index (χ4n) is 2.25. The third-order valence-electron chi connectivity index (χ3n) is 3.30. The molecule has 1 aromatic carbocycles. The number of hydrogen-bond donors (Lipinski definition) is 1. The molecular formula is C15H11N3O4S. The highest BCUT2D eigenvalue weighted by Gasteiger charge is 2.36. The largest absolute Gasteiger partial charge is 0.376 e. The van der Waals surface area contributed by atoms with Crippen molar-refractivity contribution in [1.29, 1.82) is 0 Å². The lowest BCUT2D eigenvalue weighted by molar-refractivity contribution is -0.0188. The summed E-state index contributed by atoms with van der Waals surface area (Å²) in [5.74, 6) is -0.0838. The summed E-state index contributed by atoms with van der Waals surface area (Å²) in [6, 6.07) is 11.0. The van der Waals surface area contributed by atoms with E-state index in [0.29, 0.717) is 5.56 Å². The average Bonchev–Trinajstić information content (AvgIpc) is 2.56. The summed E-state index contributed by atoms with van der Waals surface area (Å²) in [6.07, 6.45) is 1.26. The molecule has 0 spiro atoms. The minimum Gasteiger partial charge on any atom is -0.376 e. The molecule has 2 aromatic rings. The molecule has 23 heavy (non-hydrogen) atoms. The summed E-state index contributed by atoms with van der Waals surface area (Å²) in [7, 11) is -4.22. The second-order valence-corrected chi connectivity index (χ2v) is 6.24. The Balaban J connectivity index is 2.12. The molecule has 1 aliphatic carbocycles. The maximum absolute atomic E-state index is 12.5. The molecule has 1 aromatic heterocycles. The molecule has 1 unspecified atom stereocenters. The molecule has 0 fully saturated rings. The zero-order valence-electron chi connectivity index (χ0n) is 11.7. The van der Waals surface area contributed by atoms with Gasteiger partial charge in [0.05, 0.1) is 0 Å². The quantitative estimate of drug-likeness (QED) is 0.521. The maximum Gasteiger partial charge on any atom is 0.341 e. The highest BCUT2D eigenvalue weighted by atomic mass is 32.2. The van der Waals surface area contributed by atoms with Gasteiger partial charge in [0, 0.05) is 29.5 Å². The van der Waals surface area contributed by atoms with Crippen LogP contribution in [0.15, 0.2) is 54.7 Å². The van der Waals surface area contributed by atoms with E-state index in [1.165, 1.54) is 18.3 Å². The van der Waals surface area contributed by atoms with Gasteiger partial charge in [-0.3, -0.25) is 0 Å². The van der Waals surface area contributed by atoms with Gasteiger partial charge in [-0.15, -0.1) is 0 Å². The molecule has 1 atom stereocenters. The zero-order chi connectivity index (χ0) is 16.4. The lowest BCUT2D eigenvalue weighted by Crippen LogP contribution is -2.22. The van der Waals surface area contributed by atoms with E-state index in [9.17, 15) is 13.5 Å². The number of fused-ring (bicyclic) bond motifs is 1. The van der Waals surface area contributed by atoms with Crippen LogP contribution >= 0.6 is 0 Å². The van der Waals surface area contributed by atoms with Gasteiger partial charge in [0.2, 0.25) is 5.88 Å². The number of aliphatic hydroxyl groups is 1. The van der Waals surface area contributed by atoms with Crippen molar-refractivity contribution in [1.82, 2.24) is 4.98 Å². The third-order valence-corrected chi connectivity index (χ3v) is 4.56. The van der Waals surface area contributed by atoms with Gasteiger partial charge in [-0.05, 0) is 6.07 Å². The number of aliphatic hydroxyl groups excluding tert-OH is 1. The number of rotatable bonds is 3. The van der Waals surface area contributed by atoms with E-state index in [4.69, 9.17) is 9.71 Å². The van der Waals surface area contributed by atoms with Gasteiger partial charge in [0.15, 0.2) is 6.10 Å². The zero-order valence-corrected chi connectivity index (χ0v) is 12.5. The van der Waals surface area contributed by atoms with Gasteiger partial charge < -0.3 is 14.8 Å². The lowest BCUT2D eigenvalue weighted by Gasteiger charge is -2.18. The van der Waals surface area contributed by atoms with Crippen LogP contribution in [-0.2, 0) is 10.1 Å². The Morgan fingerprint density at radius 2 is 1.91 bits per heavy atom. The van der Waals surface area contributed by atoms with E-state index < -0.39 is 16.2 Å². The molecule has 0 aliphatic heterocycles. The number of nitrogens with zero attached hydrogens (tertiary/aromatic N) is 3. The first-order chi connectivity index (χ1) is 11.0. The first kappa shape index (κ1) is 15.1. The van der Waals surface area contributed by atoms with Gasteiger partial charge in [0.1, 0.15) is 4.91 Å². The highest BCUT2D eigenvalue weighted by molar-refractivity contribution is 7.96. The Labute approximate surface area is 132 Å². The molecule has 7 nitrogen and oxygen atoms in total. The molecule has 0 saturated carbocycles. The monoisotopic (exact) mass is 329 g/mol. The molecule has 0 saturated heterocycles. The molecule has 0 bridgehead atoms. The van der Waals surface area contributed by atoms with Crippen LogP contribution in [0.1, 0.15) is 17.2 Å². The van der Waals surface area contributed by atoms with Crippen molar-refractivity contribution in [2.75, 3.05) is 0 Å². The van der Waals surface area contributed by atoms with E-state index in [0.717, 1.165) is 6.08 Å². The second kappa shape index (κ2) is 5.77. The summed E-state index contributed by atoms with van der Waals surface area (Å²) < 4.78 is 30.1. The standard InChI is InChI=1S/C15H11N3O4S/c16-18-12-9-13(10-5-1-2-6-11(10)15(12)19)23(20,21)22-14-7-3-4-8-17-14/h1-9,15,19H. The Morgan fingerprint density at radius 3 is 2.61 bits per heavy atom. The van der Waals surface area contributed by atoms with Crippen molar-refractivity contribution in [3.63, 3.8) is 0 Å². The topological polar surface area (TPSA) is 113 Å².